The first kappa shape index (κ1) is 17.3. The molecule has 2 rings (SSSR count). The highest BCUT2D eigenvalue weighted by Crippen LogP contribution is 2.28. The maximum atomic E-state index is 12.3. The van der Waals surface area contributed by atoms with E-state index in [1.807, 2.05) is 0 Å². The average Bonchev–Trinajstić information content (AvgIpc) is 2.54. The lowest BCUT2D eigenvalue weighted by Crippen LogP contribution is -2.37. The molecule has 22 heavy (non-hydrogen) atoms. The summed E-state index contributed by atoms with van der Waals surface area (Å²) in [6, 6.07) is 0. The minimum atomic E-state index is -0.719. The van der Waals surface area contributed by atoms with Gasteiger partial charge in [0.05, 0.1) is 23.9 Å². The fraction of sp³-hybridized carbons (Fsp3) is 0.882. The van der Waals surface area contributed by atoms with Crippen LogP contribution in [-0.2, 0) is 19.1 Å². The number of carbonyl (C=O) groups excluding carboxylic acids is 2. The summed E-state index contributed by atoms with van der Waals surface area (Å²) in [5, 5.41) is 9.55. The highest BCUT2D eigenvalue weighted by molar-refractivity contribution is 5.73. The molecule has 2 atom stereocenters. The molecular weight excluding hydrogens is 284 g/mol. The number of ether oxygens (including phenoxy) is 2. The van der Waals surface area contributed by atoms with E-state index in [1.165, 1.54) is 0 Å². The van der Waals surface area contributed by atoms with Gasteiger partial charge >= 0.3 is 11.9 Å². The predicted molar refractivity (Wildman–Crippen MR) is 81.0 cm³/mol. The summed E-state index contributed by atoms with van der Waals surface area (Å²) in [7, 11) is 0. The predicted octanol–water partition coefficient (Wildman–Crippen LogP) is 2.45. The van der Waals surface area contributed by atoms with Crippen molar-refractivity contribution in [3.05, 3.63) is 0 Å². The number of hydrogen-bond donors (Lipinski definition) is 1. The number of aliphatic hydroxyl groups excluding tert-OH is 1. The van der Waals surface area contributed by atoms with Gasteiger partial charge in [0.25, 0.3) is 0 Å². The van der Waals surface area contributed by atoms with Crippen LogP contribution in [0.4, 0.5) is 0 Å². The molecule has 1 saturated heterocycles. The van der Waals surface area contributed by atoms with E-state index in [0.29, 0.717) is 0 Å². The van der Waals surface area contributed by atoms with E-state index >= 15 is 0 Å². The van der Waals surface area contributed by atoms with Crippen molar-refractivity contribution < 1.29 is 24.2 Å². The van der Waals surface area contributed by atoms with Crippen molar-refractivity contribution in [1.82, 2.24) is 0 Å². The number of cyclic esters (lactones) is 2. The van der Waals surface area contributed by atoms with E-state index < -0.39 is 5.41 Å². The lowest BCUT2D eigenvalue weighted by Gasteiger charge is -2.30. The first-order chi connectivity index (χ1) is 10.5. The van der Waals surface area contributed by atoms with Crippen LogP contribution in [0.5, 0.6) is 0 Å². The maximum absolute atomic E-state index is 12.3. The van der Waals surface area contributed by atoms with Crippen LogP contribution in [0.15, 0.2) is 0 Å². The monoisotopic (exact) mass is 312 g/mol. The van der Waals surface area contributed by atoms with Gasteiger partial charge in [-0.05, 0) is 25.7 Å². The minimum absolute atomic E-state index is 0.0721. The van der Waals surface area contributed by atoms with E-state index in [9.17, 15) is 14.7 Å². The van der Waals surface area contributed by atoms with Crippen LogP contribution in [0.25, 0.3) is 0 Å². The zero-order chi connectivity index (χ0) is 16.0. The first-order valence-corrected chi connectivity index (χ1v) is 8.48. The third kappa shape index (κ3) is 4.70. The van der Waals surface area contributed by atoms with Gasteiger partial charge in [0.1, 0.15) is 13.2 Å². The maximum Gasteiger partial charge on any atom is 0.308 e. The summed E-state index contributed by atoms with van der Waals surface area (Å²) >= 11 is 0. The molecule has 5 heteroatoms. The molecule has 1 aliphatic heterocycles. The molecule has 2 aliphatic rings. The summed E-state index contributed by atoms with van der Waals surface area (Å²) in [4.78, 5) is 24.6. The number of hydrogen-bond acceptors (Lipinski definition) is 5. The zero-order valence-electron chi connectivity index (χ0n) is 13.5. The topological polar surface area (TPSA) is 72.8 Å². The molecular formula is C17H28O5. The molecule has 1 aliphatic carbocycles. The van der Waals surface area contributed by atoms with Crippen molar-refractivity contribution in [2.45, 2.75) is 58.3 Å². The van der Waals surface area contributed by atoms with Gasteiger partial charge < -0.3 is 14.6 Å². The van der Waals surface area contributed by atoms with Gasteiger partial charge in [-0.2, -0.15) is 0 Å². The Labute approximate surface area is 132 Å². The molecule has 2 bridgehead atoms. The molecule has 0 aromatic carbocycles. The normalized spacial score (nSPS) is 35.2. The molecule has 0 amide bonds. The first-order valence-electron chi connectivity index (χ1n) is 8.48. The molecule has 0 radical (unpaired) electrons. The van der Waals surface area contributed by atoms with Gasteiger partial charge in [-0.15, -0.1) is 0 Å². The second-order valence-electron chi connectivity index (χ2n) is 7.15. The molecule has 0 spiro atoms. The number of carbonyl (C=O) groups is 2. The van der Waals surface area contributed by atoms with Gasteiger partial charge in [-0.3, -0.25) is 9.59 Å². The Bertz CT molecular complexity index is 363. The van der Waals surface area contributed by atoms with Crippen LogP contribution in [-0.4, -0.2) is 36.9 Å². The van der Waals surface area contributed by atoms with Crippen LogP contribution in [0.2, 0.25) is 0 Å². The Morgan fingerprint density at radius 2 is 1.36 bits per heavy atom. The van der Waals surface area contributed by atoms with E-state index in [4.69, 9.17) is 9.47 Å². The Balaban J connectivity index is 2.16. The average molecular weight is 312 g/mol. The van der Waals surface area contributed by atoms with Gasteiger partial charge in [0.15, 0.2) is 0 Å². The standard InChI is InChI=1S/C17H28O5/c1-17(10-18)11-21-15(19)13-6-3-2-4-7-14(9-5-8-13)16(20)22-12-17/h13-14,18H,2-12H2,1H3. The number of rotatable bonds is 1. The SMILES string of the molecule is CC1(CO)COC(=O)C2CCCCCC(CCC2)C(=O)OC1. The molecule has 2 fully saturated rings. The largest absolute Gasteiger partial charge is 0.465 e. The highest BCUT2D eigenvalue weighted by Gasteiger charge is 2.32. The number of esters is 2. The van der Waals surface area contributed by atoms with Crippen LogP contribution < -0.4 is 0 Å². The van der Waals surface area contributed by atoms with Crippen LogP contribution >= 0.6 is 0 Å². The smallest absolute Gasteiger partial charge is 0.308 e. The summed E-state index contributed by atoms with van der Waals surface area (Å²) in [6.45, 7) is 1.78. The lowest BCUT2D eigenvalue weighted by molar-refractivity contribution is -0.162. The molecule has 126 valence electrons. The Hall–Kier alpha value is -1.10. The summed E-state index contributed by atoms with van der Waals surface area (Å²) in [5.74, 6) is -0.471. The molecule has 1 N–H and O–H groups in total. The minimum Gasteiger partial charge on any atom is -0.465 e. The second-order valence-corrected chi connectivity index (χ2v) is 7.15. The lowest BCUT2D eigenvalue weighted by atomic mass is 9.87. The summed E-state index contributed by atoms with van der Waals surface area (Å²) in [5.41, 5.74) is -0.719. The van der Waals surface area contributed by atoms with Crippen molar-refractivity contribution in [1.29, 1.82) is 0 Å². The quantitative estimate of drug-likeness (QED) is 0.753. The molecule has 1 saturated carbocycles. The Morgan fingerprint density at radius 3 is 1.82 bits per heavy atom. The molecule has 5 nitrogen and oxygen atoms in total. The van der Waals surface area contributed by atoms with Crippen molar-refractivity contribution in [2.24, 2.45) is 17.3 Å². The number of fused-ring (bicyclic) bond motifs is 4. The van der Waals surface area contributed by atoms with Crippen molar-refractivity contribution >= 4 is 11.9 Å². The van der Waals surface area contributed by atoms with E-state index in [1.54, 1.807) is 6.92 Å². The fourth-order valence-electron chi connectivity index (χ4n) is 3.19. The molecule has 1 heterocycles. The van der Waals surface area contributed by atoms with Crippen molar-refractivity contribution in [3.8, 4) is 0 Å². The third-order valence-corrected chi connectivity index (χ3v) is 4.88. The van der Waals surface area contributed by atoms with Crippen LogP contribution in [0.1, 0.15) is 58.3 Å². The van der Waals surface area contributed by atoms with Gasteiger partial charge in [0, 0.05) is 0 Å². The number of aliphatic hydroxyl groups is 1. The fourth-order valence-corrected chi connectivity index (χ4v) is 3.19. The van der Waals surface area contributed by atoms with Gasteiger partial charge in [-0.1, -0.05) is 32.6 Å². The highest BCUT2D eigenvalue weighted by atomic mass is 16.5. The van der Waals surface area contributed by atoms with Crippen molar-refractivity contribution in [2.75, 3.05) is 19.8 Å². The van der Waals surface area contributed by atoms with Gasteiger partial charge in [-0.25, -0.2) is 0 Å². The van der Waals surface area contributed by atoms with E-state index in [0.717, 1.165) is 51.4 Å². The summed E-state index contributed by atoms with van der Waals surface area (Å²) < 4.78 is 10.8. The third-order valence-electron chi connectivity index (χ3n) is 4.88. The second kappa shape index (κ2) is 7.95. The summed E-state index contributed by atoms with van der Waals surface area (Å²) in [6.07, 6.45) is 7.18. The Kier molecular flexibility index (Phi) is 6.24. The molecule has 0 aromatic rings. The zero-order valence-corrected chi connectivity index (χ0v) is 13.5. The molecule has 2 unspecified atom stereocenters. The molecule has 0 aromatic heterocycles. The van der Waals surface area contributed by atoms with Crippen LogP contribution in [0, 0.1) is 17.3 Å². The van der Waals surface area contributed by atoms with E-state index in [2.05, 4.69) is 0 Å². The van der Waals surface area contributed by atoms with Crippen molar-refractivity contribution in [3.63, 3.8) is 0 Å². The van der Waals surface area contributed by atoms with E-state index in [-0.39, 0.29) is 43.6 Å². The Morgan fingerprint density at radius 1 is 0.909 bits per heavy atom. The van der Waals surface area contributed by atoms with Gasteiger partial charge in [0.2, 0.25) is 0 Å². The van der Waals surface area contributed by atoms with Crippen LogP contribution in [0.3, 0.4) is 0 Å².